The summed E-state index contributed by atoms with van der Waals surface area (Å²) in [5.74, 6) is -0.152. The van der Waals surface area contributed by atoms with E-state index in [0.29, 0.717) is 5.56 Å². The van der Waals surface area contributed by atoms with Crippen LogP contribution in [0, 0.1) is 0 Å². The number of nitrogens with one attached hydrogen (secondary N) is 1. The third kappa shape index (κ3) is 1.74. The smallest absolute Gasteiger partial charge is 0.234 e. The third-order valence-electron chi connectivity index (χ3n) is 3.21. The van der Waals surface area contributed by atoms with Gasteiger partial charge >= 0.3 is 0 Å². The number of fused-ring (bicyclic) bond motifs is 1. The summed E-state index contributed by atoms with van der Waals surface area (Å²) in [5.41, 5.74) is 7.18. The number of hydrogen-bond donors (Lipinski definition) is 2. The SMILES string of the molecule is C[C@@H](N)C(=O)c1ccc2c(c1)C(C)(C)C(=O)N2. The average molecular weight is 232 g/mol. The average Bonchev–Trinajstić information content (AvgIpc) is 2.49. The van der Waals surface area contributed by atoms with Crippen LogP contribution in [0.2, 0.25) is 0 Å². The number of Topliss-reactive ketones (excluding diaryl/α,β-unsaturated/α-hetero) is 1. The van der Waals surface area contributed by atoms with E-state index in [9.17, 15) is 9.59 Å². The molecule has 1 aromatic carbocycles. The molecule has 17 heavy (non-hydrogen) atoms. The molecule has 3 N–H and O–H groups in total. The van der Waals surface area contributed by atoms with Crippen LogP contribution in [-0.4, -0.2) is 17.7 Å². The summed E-state index contributed by atoms with van der Waals surface area (Å²) in [6.45, 7) is 5.34. The molecule has 2 rings (SSSR count). The van der Waals surface area contributed by atoms with Crippen LogP contribution in [0.5, 0.6) is 0 Å². The fourth-order valence-electron chi connectivity index (χ4n) is 1.99. The van der Waals surface area contributed by atoms with Gasteiger partial charge in [-0.2, -0.15) is 0 Å². The molecule has 4 nitrogen and oxygen atoms in total. The second kappa shape index (κ2) is 3.67. The van der Waals surface area contributed by atoms with Crippen molar-refractivity contribution >= 4 is 17.4 Å². The van der Waals surface area contributed by atoms with E-state index in [0.717, 1.165) is 11.3 Å². The van der Waals surface area contributed by atoms with Gasteiger partial charge in [0, 0.05) is 11.3 Å². The molecule has 1 aliphatic heterocycles. The first kappa shape index (κ1) is 11.8. The summed E-state index contributed by atoms with van der Waals surface area (Å²) in [7, 11) is 0. The molecule has 4 heteroatoms. The molecular formula is C13H16N2O2. The number of hydrogen-bond acceptors (Lipinski definition) is 3. The lowest BCUT2D eigenvalue weighted by molar-refractivity contribution is -0.119. The van der Waals surface area contributed by atoms with Crippen LogP contribution in [0.4, 0.5) is 5.69 Å². The normalized spacial score (nSPS) is 18.5. The lowest BCUT2D eigenvalue weighted by Crippen LogP contribution is -2.28. The Morgan fingerprint density at radius 3 is 2.65 bits per heavy atom. The number of amides is 1. The maximum Gasteiger partial charge on any atom is 0.234 e. The molecule has 1 atom stereocenters. The summed E-state index contributed by atoms with van der Waals surface area (Å²) in [6, 6.07) is 4.70. The van der Waals surface area contributed by atoms with E-state index in [-0.39, 0.29) is 11.7 Å². The summed E-state index contributed by atoms with van der Waals surface area (Å²) >= 11 is 0. The predicted molar refractivity (Wildman–Crippen MR) is 66.1 cm³/mol. The number of carbonyl (C=O) groups is 2. The standard InChI is InChI=1S/C13H16N2O2/c1-7(14)11(16)8-4-5-10-9(6-8)13(2,3)12(17)15-10/h4-7H,14H2,1-3H3,(H,15,17)/t7-/m1/s1. The Morgan fingerprint density at radius 1 is 1.41 bits per heavy atom. The second-order valence-corrected chi connectivity index (χ2v) is 4.99. The van der Waals surface area contributed by atoms with Gasteiger partial charge in [0.1, 0.15) is 0 Å². The Kier molecular flexibility index (Phi) is 2.54. The minimum absolute atomic E-state index is 0.0436. The van der Waals surface area contributed by atoms with Gasteiger partial charge in [0.25, 0.3) is 0 Å². The summed E-state index contributed by atoms with van der Waals surface area (Å²) < 4.78 is 0. The van der Waals surface area contributed by atoms with E-state index in [1.807, 2.05) is 13.8 Å². The Hall–Kier alpha value is -1.68. The molecule has 0 unspecified atom stereocenters. The first-order valence-electron chi connectivity index (χ1n) is 5.60. The van der Waals surface area contributed by atoms with Crippen molar-refractivity contribution in [2.75, 3.05) is 5.32 Å². The molecule has 0 fully saturated rings. The first-order chi connectivity index (χ1) is 7.84. The number of ketones is 1. The van der Waals surface area contributed by atoms with E-state index in [1.165, 1.54) is 0 Å². The van der Waals surface area contributed by atoms with Gasteiger partial charge in [0.05, 0.1) is 11.5 Å². The maximum atomic E-state index is 11.8. The number of nitrogens with two attached hydrogens (primary N) is 1. The van der Waals surface area contributed by atoms with E-state index < -0.39 is 11.5 Å². The number of carbonyl (C=O) groups excluding carboxylic acids is 2. The lowest BCUT2D eigenvalue weighted by Gasteiger charge is -2.16. The minimum Gasteiger partial charge on any atom is -0.325 e. The molecule has 0 spiro atoms. The molecule has 0 saturated carbocycles. The van der Waals surface area contributed by atoms with Gasteiger partial charge in [0.2, 0.25) is 5.91 Å². The van der Waals surface area contributed by atoms with Crippen LogP contribution >= 0.6 is 0 Å². The predicted octanol–water partition coefficient (Wildman–Crippen LogP) is 1.45. The Morgan fingerprint density at radius 2 is 2.06 bits per heavy atom. The van der Waals surface area contributed by atoms with Gasteiger partial charge in [-0.05, 0) is 44.5 Å². The summed E-state index contributed by atoms with van der Waals surface area (Å²) in [4.78, 5) is 23.6. The molecule has 90 valence electrons. The van der Waals surface area contributed by atoms with Crippen LogP contribution in [0.1, 0.15) is 36.7 Å². The molecule has 1 amide bonds. The van der Waals surface area contributed by atoms with Crippen LogP contribution < -0.4 is 11.1 Å². The quantitative estimate of drug-likeness (QED) is 0.758. The zero-order valence-corrected chi connectivity index (χ0v) is 10.2. The van der Waals surface area contributed by atoms with Gasteiger partial charge < -0.3 is 11.1 Å². The van der Waals surface area contributed by atoms with Gasteiger partial charge in [-0.3, -0.25) is 9.59 Å². The van der Waals surface area contributed by atoms with Crippen molar-refractivity contribution in [3.05, 3.63) is 29.3 Å². The number of benzene rings is 1. The molecular weight excluding hydrogens is 216 g/mol. The zero-order chi connectivity index (χ0) is 12.8. The Bertz CT molecular complexity index is 504. The number of rotatable bonds is 2. The van der Waals surface area contributed by atoms with Crippen molar-refractivity contribution in [3.8, 4) is 0 Å². The van der Waals surface area contributed by atoms with E-state index in [4.69, 9.17) is 5.73 Å². The summed E-state index contributed by atoms with van der Waals surface area (Å²) in [6.07, 6.45) is 0. The monoisotopic (exact) mass is 232 g/mol. The zero-order valence-electron chi connectivity index (χ0n) is 10.2. The van der Waals surface area contributed by atoms with Crippen LogP contribution in [0.3, 0.4) is 0 Å². The van der Waals surface area contributed by atoms with Crippen LogP contribution in [0.15, 0.2) is 18.2 Å². The molecule has 0 saturated heterocycles. The maximum absolute atomic E-state index is 11.8. The van der Waals surface area contributed by atoms with Crippen molar-refractivity contribution in [1.82, 2.24) is 0 Å². The molecule has 0 bridgehead atoms. The molecule has 0 aromatic heterocycles. The second-order valence-electron chi connectivity index (χ2n) is 4.99. The molecule has 1 aliphatic rings. The molecule has 0 aliphatic carbocycles. The minimum atomic E-state index is -0.594. The van der Waals surface area contributed by atoms with Gasteiger partial charge in [-0.25, -0.2) is 0 Å². The highest BCUT2D eigenvalue weighted by Crippen LogP contribution is 2.37. The Labute approximate surface area is 100 Å². The van der Waals surface area contributed by atoms with Gasteiger partial charge in [0.15, 0.2) is 5.78 Å². The molecule has 1 heterocycles. The highest BCUT2D eigenvalue weighted by molar-refractivity contribution is 6.07. The van der Waals surface area contributed by atoms with Gasteiger partial charge in [-0.15, -0.1) is 0 Å². The van der Waals surface area contributed by atoms with Crippen molar-refractivity contribution in [2.24, 2.45) is 5.73 Å². The van der Waals surface area contributed by atoms with E-state index in [1.54, 1.807) is 25.1 Å². The lowest BCUT2D eigenvalue weighted by atomic mass is 9.85. The molecule has 1 aromatic rings. The highest BCUT2D eigenvalue weighted by Gasteiger charge is 2.38. The van der Waals surface area contributed by atoms with Crippen molar-refractivity contribution in [2.45, 2.75) is 32.2 Å². The largest absolute Gasteiger partial charge is 0.325 e. The Balaban J connectivity index is 2.49. The van der Waals surface area contributed by atoms with Crippen LogP contribution in [0.25, 0.3) is 0 Å². The van der Waals surface area contributed by atoms with E-state index in [2.05, 4.69) is 5.32 Å². The van der Waals surface area contributed by atoms with E-state index >= 15 is 0 Å². The van der Waals surface area contributed by atoms with Crippen molar-refractivity contribution < 1.29 is 9.59 Å². The first-order valence-corrected chi connectivity index (χ1v) is 5.60. The fourth-order valence-corrected chi connectivity index (χ4v) is 1.99. The topological polar surface area (TPSA) is 72.2 Å². The third-order valence-corrected chi connectivity index (χ3v) is 3.21. The highest BCUT2D eigenvalue weighted by atomic mass is 16.2. The number of anilines is 1. The molecule has 0 radical (unpaired) electrons. The van der Waals surface area contributed by atoms with Gasteiger partial charge in [-0.1, -0.05) is 0 Å². The fraction of sp³-hybridized carbons (Fsp3) is 0.385. The van der Waals surface area contributed by atoms with Crippen molar-refractivity contribution in [3.63, 3.8) is 0 Å². The van der Waals surface area contributed by atoms with Crippen LogP contribution in [-0.2, 0) is 10.2 Å². The summed E-state index contributed by atoms with van der Waals surface area (Å²) in [5, 5.41) is 2.80. The van der Waals surface area contributed by atoms with Crippen molar-refractivity contribution in [1.29, 1.82) is 0 Å².